The summed E-state index contributed by atoms with van der Waals surface area (Å²) in [7, 11) is 0. The van der Waals surface area contributed by atoms with E-state index in [1.54, 1.807) is 12.4 Å². The van der Waals surface area contributed by atoms with E-state index in [4.69, 9.17) is 0 Å². The van der Waals surface area contributed by atoms with Crippen LogP contribution in [0, 0.1) is 5.92 Å². The number of halogens is 3. The van der Waals surface area contributed by atoms with Crippen molar-refractivity contribution in [3.8, 4) is 0 Å². The number of nitrogens with one attached hydrogen (secondary N) is 1. The Bertz CT molecular complexity index is 414. The van der Waals surface area contributed by atoms with Gasteiger partial charge in [-0.3, -0.25) is 4.98 Å². The van der Waals surface area contributed by atoms with Gasteiger partial charge in [-0.05, 0) is 19.8 Å². The first-order valence-electron chi connectivity index (χ1n) is 6.38. The van der Waals surface area contributed by atoms with Gasteiger partial charge in [-0.25, -0.2) is 4.98 Å². The molecule has 1 aromatic rings. The van der Waals surface area contributed by atoms with E-state index in [1.807, 2.05) is 11.8 Å². The molecular weight excluding hydrogens is 257 g/mol. The van der Waals surface area contributed by atoms with Crippen molar-refractivity contribution >= 4 is 11.6 Å². The lowest BCUT2D eigenvalue weighted by atomic mass is 9.96. The monoisotopic (exact) mass is 274 g/mol. The van der Waals surface area contributed by atoms with Crippen molar-refractivity contribution in [3.63, 3.8) is 0 Å². The fourth-order valence-electron chi connectivity index (χ4n) is 2.21. The second-order valence-corrected chi connectivity index (χ2v) is 4.60. The maximum Gasteiger partial charge on any atom is 0.391 e. The summed E-state index contributed by atoms with van der Waals surface area (Å²) in [6.45, 7) is 3.42. The van der Waals surface area contributed by atoms with Gasteiger partial charge in [0.05, 0.1) is 18.3 Å². The lowest BCUT2D eigenvalue weighted by Crippen LogP contribution is -2.39. The average molecular weight is 274 g/mol. The van der Waals surface area contributed by atoms with E-state index in [-0.39, 0.29) is 12.8 Å². The Morgan fingerprint density at radius 2 is 2.00 bits per heavy atom. The van der Waals surface area contributed by atoms with E-state index in [9.17, 15) is 13.2 Å². The summed E-state index contributed by atoms with van der Waals surface area (Å²) < 4.78 is 37.7. The normalized spacial score (nSPS) is 17.6. The van der Waals surface area contributed by atoms with Crippen LogP contribution >= 0.6 is 0 Å². The number of anilines is 2. The zero-order valence-electron chi connectivity index (χ0n) is 10.7. The molecule has 1 saturated heterocycles. The number of hydrogen-bond acceptors (Lipinski definition) is 4. The standard InChI is InChI=1S/C12H17F3N4/c1-2-17-10-7-16-8-11(18-10)19-5-3-9(4-6-19)12(13,14)15/h7-9H,2-6H2,1H3,(H,17,18). The Labute approximate surface area is 110 Å². The maximum atomic E-state index is 12.6. The zero-order valence-corrected chi connectivity index (χ0v) is 10.7. The fraction of sp³-hybridized carbons (Fsp3) is 0.667. The highest BCUT2D eigenvalue weighted by molar-refractivity contribution is 5.44. The van der Waals surface area contributed by atoms with Crippen LogP contribution in [-0.4, -0.2) is 35.8 Å². The largest absolute Gasteiger partial charge is 0.391 e. The Morgan fingerprint density at radius 3 is 2.58 bits per heavy atom. The van der Waals surface area contributed by atoms with Crippen LogP contribution in [0.2, 0.25) is 0 Å². The highest BCUT2D eigenvalue weighted by Gasteiger charge is 2.41. The highest BCUT2D eigenvalue weighted by Crippen LogP contribution is 2.34. The van der Waals surface area contributed by atoms with Crippen molar-refractivity contribution < 1.29 is 13.2 Å². The van der Waals surface area contributed by atoms with Gasteiger partial charge < -0.3 is 10.2 Å². The summed E-state index contributed by atoms with van der Waals surface area (Å²) in [5.74, 6) is 0.102. The maximum absolute atomic E-state index is 12.6. The lowest BCUT2D eigenvalue weighted by Gasteiger charge is -2.33. The molecule has 0 atom stereocenters. The number of hydrogen-bond donors (Lipinski definition) is 1. The van der Waals surface area contributed by atoms with Gasteiger partial charge in [0.25, 0.3) is 0 Å². The van der Waals surface area contributed by atoms with Gasteiger partial charge in [0.1, 0.15) is 11.6 Å². The minimum Gasteiger partial charge on any atom is -0.369 e. The minimum absolute atomic E-state index is 0.122. The third kappa shape index (κ3) is 3.48. The topological polar surface area (TPSA) is 41.1 Å². The molecule has 0 bridgehead atoms. The molecule has 0 unspecified atom stereocenters. The van der Waals surface area contributed by atoms with Crippen molar-refractivity contribution in [2.45, 2.75) is 25.9 Å². The zero-order chi connectivity index (χ0) is 13.9. The van der Waals surface area contributed by atoms with Gasteiger partial charge in [0, 0.05) is 19.6 Å². The molecule has 0 aliphatic carbocycles. The van der Waals surface area contributed by atoms with Gasteiger partial charge in [-0.2, -0.15) is 13.2 Å². The van der Waals surface area contributed by atoms with Crippen LogP contribution in [0.25, 0.3) is 0 Å². The van der Waals surface area contributed by atoms with Crippen LogP contribution in [0.3, 0.4) is 0 Å². The second kappa shape index (κ2) is 5.63. The molecule has 1 N–H and O–H groups in total. The van der Waals surface area contributed by atoms with E-state index < -0.39 is 12.1 Å². The van der Waals surface area contributed by atoms with Crippen LogP contribution < -0.4 is 10.2 Å². The summed E-state index contributed by atoms with van der Waals surface area (Å²) in [4.78, 5) is 10.3. The summed E-state index contributed by atoms with van der Waals surface area (Å²) in [5, 5.41) is 3.04. The van der Waals surface area contributed by atoms with Gasteiger partial charge >= 0.3 is 6.18 Å². The van der Waals surface area contributed by atoms with E-state index in [1.165, 1.54) is 0 Å². The van der Waals surface area contributed by atoms with Crippen molar-refractivity contribution in [2.24, 2.45) is 5.92 Å². The first-order valence-corrected chi connectivity index (χ1v) is 6.38. The number of alkyl halides is 3. The minimum atomic E-state index is -4.08. The Morgan fingerprint density at radius 1 is 1.32 bits per heavy atom. The number of nitrogens with zero attached hydrogens (tertiary/aromatic N) is 3. The molecule has 1 aliphatic heterocycles. The van der Waals surface area contributed by atoms with E-state index >= 15 is 0 Å². The molecule has 0 amide bonds. The third-order valence-electron chi connectivity index (χ3n) is 3.26. The Balaban J connectivity index is 1.99. The van der Waals surface area contributed by atoms with Crippen LogP contribution in [0.4, 0.5) is 24.8 Å². The summed E-state index contributed by atoms with van der Waals surface area (Å²) in [6, 6.07) is 0. The van der Waals surface area contributed by atoms with Gasteiger partial charge in [-0.15, -0.1) is 0 Å². The molecule has 7 heteroatoms. The quantitative estimate of drug-likeness (QED) is 0.920. The Hall–Kier alpha value is -1.53. The predicted octanol–water partition coefficient (Wildman–Crippen LogP) is 2.69. The Kier molecular flexibility index (Phi) is 4.11. The molecule has 1 aliphatic rings. The molecule has 19 heavy (non-hydrogen) atoms. The van der Waals surface area contributed by atoms with E-state index in [2.05, 4.69) is 15.3 Å². The molecular formula is C12H17F3N4. The second-order valence-electron chi connectivity index (χ2n) is 4.60. The molecule has 1 aromatic heterocycles. The van der Waals surface area contributed by atoms with Crippen molar-refractivity contribution in [2.75, 3.05) is 29.9 Å². The fourth-order valence-corrected chi connectivity index (χ4v) is 2.21. The lowest BCUT2D eigenvalue weighted by molar-refractivity contribution is -0.179. The van der Waals surface area contributed by atoms with Crippen LogP contribution in [-0.2, 0) is 0 Å². The molecule has 0 spiro atoms. The van der Waals surface area contributed by atoms with E-state index in [0.717, 1.165) is 6.54 Å². The van der Waals surface area contributed by atoms with Gasteiger partial charge in [0.15, 0.2) is 0 Å². The van der Waals surface area contributed by atoms with E-state index in [0.29, 0.717) is 24.7 Å². The van der Waals surface area contributed by atoms with Crippen LogP contribution in [0.15, 0.2) is 12.4 Å². The number of rotatable bonds is 3. The average Bonchev–Trinajstić information content (AvgIpc) is 2.39. The predicted molar refractivity (Wildman–Crippen MR) is 67.2 cm³/mol. The highest BCUT2D eigenvalue weighted by atomic mass is 19.4. The number of aromatic nitrogens is 2. The molecule has 0 aromatic carbocycles. The van der Waals surface area contributed by atoms with Crippen molar-refractivity contribution in [3.05, 3.63) is 12.4 Å². The molecule has 4 nitrogen and oxygen atoms in total. The van der Waals surface area contributed by atoms with Crippen LogP contribution in [0.5, 0.6) is 0 Å². The smallest absolute Gasteiger partial charge is 0.369 e. The molecule has 0 saturated carbocycles. The third-order valence-corrected chi connectivity index (χ3v) is 3.26. The van der Waals surface area contributed by atoms with Gasteiger partial charge in [-0.1, -0.05) is 0 Å². The van der Waals surface area contributed by atoms with Crippen molar-refractivity contribution in [1.29, 1.82) is 0 Å². The van der Waals surface area contributed by atoms with Crippen molar-refractivity contribution in [1.82, 2.24) is 9.97 Å². The molecule has 106 valence electrons. The summed E-state index contributed by atoms with van der Waals surface area (Å²) in [6.07, 6.45) is -0.638. The van der Waals surface area contributed by atoms with Crippen LogP contribution in [0.1, 0.15) is 19.8 Å². The molecule has 0 radical (unpaired) electrons. The summed E-state index contributed by atoms with van der Waals surface area (Å²) >= 11 is 0. The molecule has 2 rings (SSSR count). The first kappa shape index (κ1) is 13.9. The molecule has 1 fully saturated rings. The SMILES string of the molecule is CCNc1cncc(N2CCC(C(F)(F)F)CC2)n1. The molecule has 2 heterocycles. The first-order chi connectivity index (χ1) is 9.00. The summed E-state index contributed by atoms with van der Waals surface area (Å²) in [5.41, 5.74) is 0. The van der Waals surface area contributed by atoms with Gasteiger partial charge in [0.2, 0.25) is 0 Å². The number of piperidine rings is 1.